The number of methoxy groups -OCH3 is 1. The van der Waals surface area contributed by atoms with Crippen LogP contribution < -0.4 is 10.1 Å². The normalized spacial score (nSPS) is 12.4. The van der Waals surface area contributed by atoms with E-state index in [0.29, 0.717) is 17.0 Å². The SMILES string of the molecule is CCOP(=O)(OCC)C(C(=O)Nc1ccc(OC)cc1)c1ccccc1. The van der Waals surface area contributed by atoms with Crippen LogP contribution in [0.4, 0.5) is 5.69 Å². The Morgan fingerprint density at radius 1 is 1.00 bits per heavy atom. The molecule has 7 heteroatoms. The Labute approximate surface area is 154 Å². The maximum atomic E-state index is 13.3. The molecule has 26 heavy (non-hydrogen) atoms. The second-order valence-electron chi connectivity index (χ2n) is 5.41. The minimum absolute atomic E-state index is 0.177. The highest BCUT2D eigenvalue weighted by atomic mass is 31.2. The number of rotatable bonds is 9. The van der Waals surface area contributed by atoms with E-state index in [9.17, 15) is 9.36 Å². The number of amides is 1. The van der Waals surface area contributed by atoms with E-state index >= 15 is 0 Å². The van der Waals surface area contributed by atoms with Crippen LogP contribution >= 0.6 is 7.60 Å². The van der Waals surface area contributed by atoms with E-state index in [1.165, 1.54) is 0 Å². The first kappa shape index (κ1) is 20.2. The van der Waals surface area contributed by atoms with Gasteiger partial charge in [0.1, 0.15) is 5.75 Å². The third kappa shape index (κ3) is 4.94. The second kappa shape index (κ2) is 9.53. The van der Waals surface area contributed by atoms with Crippen molar-refractivity contribution in [2.24, 2.45) is 0 Å². The van der Waals surface area contributed by atoms with Crippen molar-refractivity contribution in [3.8, 4) is 5.75 Å². The lowest BCUT2D eigenvalue weighted by Crippen LogP contribution is -2.23. The molecule has 140 valence electrons. The molecule has 0 radical (unpaired) electrons. The zero-order valence-electron chi connectivity index (χ0n) is 15.2. The van der Waals surface area contributed by atoms with Crippen LogP contribution in [-0.4, -0.2) is 26.2 Å². The lowest BCUT2D eigenvalue weighted by atomic mass is 10.1. The third-order valence-electron chi connectivity index (χ3n) is 3.66. The number of carbonyl (C=O) groups is 1. The van der Waals surface area contributed by atoms with Crippen LogP contribution in [0.3, 0.4) is 0 Å². The fraction of sp³-hybridized carbons (Fsp3) is 0.316. The highest BCUT2D eigenvalue weighted by Crippen LogP contribution is 2.61. The molecule has 0 saturated heterocycles. The van der Waals surface area contributed by atoms with Gasteiger partial charge in [0.25, 0.3) is 0 Å². The average molecular weight is 377 g/mol. The Bertz CT molecular complexity index is 738. The fourth-order valence-corrected chi connectivity index (χ4v) is 4.53. The lowest BCUT2D eigenvalue weighted by Gasteiger charge is -2.26. The van der Waals surface area contributed by atoms with E-state index in [-0.39, 0.29) is 13.2 Å². The Balaban J connectivity index is 2.35. The molecule has 1 unspecified atom stereocenters. The van der Waals surface area contributed by atoms with Gasteiger partial charge in [-0.1, -0.05) is 30.3 Å². The fourth-order valence-electron chi connectivity index (χ4n) is 2.54. The quantitative estimate of drug-likeness (QED) is 0.645. The van der Waals surface area contributed by atoms with E-state index in [1.807, 2.05) is 6.07 Å². The molecular weight excluding hydrogens is 353 g/mol. The van der Waals surface area contributed by atoms with Crippen LogP contribution in [0.5, 0.6) is 5.75 Å². The Kier molecular flexibility index (Phi) is 7.39. The number of hydrogen-bond acceptors (Lipinski definition) is 5. The summed E-state index contributed by atoms with van der Waals surface area (Å²) in [5.41, 5.74) is 0.0747. The van der Waals surface area contributed by atoms with Crippen molar-refractivity contribution in [2.45, 2.75) is 19.5 Å². The van der Waals surface area contributed by atoms with Gasteiger partial charge in [0.05, 0.1) is 20.3 Å². The molecule has 0 aliphatic heterocycles. The topological polar surface area (TPSA) is 73.9 Å². The van der Waals surface area contributed by atoms with E-state index in [4.69, 9.17) is 13.8 Å². The number of nitrogens with one attached hydrogen (secondary N) is 1. The van der Waals surface area contributed by atoms with E-state index in [0.717, 1.165) is 0 Å². The summed E-state index contributed by atoms with van der Waals surface area (Å²) >= 11 is 0. The standard InChI is InChI=1S/C19H24NO5P/c1-4-24-26(22,25-5-2)18(15-9-7-6-8-10-15)19(21)20-16-11-13-17(23-3)14-12-16/h6-14,18H,4-5H2,1-3H3,(H,20,21). The number of anilines is 1. The first-order chi connectivity index (χ1) is 12.5. The monoisotopic (exact) mass is 377 g/mol. The number of carbonyl (C=O) groups excluding carboxylic acids is 1. The van der Waals surface area contributed by atoms with Gasteiger partial charge in [0.15, 0.2) is 5.66 Å². The first-order valence-corrected chi connectivity index (χ1v) is 10.0. The summed E-state index contributed by atoms with van der Waals surface area (Å²) in [6.45, 7) is 3.79. The van der Waals surface area contributed by atoms with Gasteiger partial charge in [-0.05, 0) is 43.7 Å². The molecule has 2 aromatic carbocycles. The molecule has 0 saturated carbocycles. The molecule has 1 N–H and O–H groups in total. The molecule has 0 bridgehead atoms. The van der Waals surface area contributed by atoms with Gasteiger partial charge in [-0.2, -0.15) is 0 Å². The molecule has 2 rings (SSSR count). The van der Waals surface area contributed by atoms with Crippen LogP contribution in [0, 0.1) is 0 Å². The Morgan fingerprint density at radius 2 is 1.58 bits per heavy atom. The summed E-state index contributed by atoms with van der Waals surface area (Å²) in [4.78, 5) is 13.0. The summed E-state index contributed by atoms with van der Waals surface area (Å²) in [6.07, 6.45) is 0. The van der Waals surface area contributed by atoms with Crippen molar-refractivity contribution in [1.82, 2.24) is 0 Å². The summed E-state index contributed by atoms with van der Waals surface area (Å²) in [6, 6.07) is 15.8. The highest BCUT2D eigenvalue weighted by molar-refractivity contribution is 7.55. The number of ether oxygens (including phenoxy) is 1. The molecule has 1 amide bonds. The third-order valence-corrected chi connectivity index (χ3v) is 6.06. The zero-order chi connectivity index (χ0) is 19.0. The van der Waals surface area contributed by atoms with E-state index in [2.05, 4.69) is 5.32 Å². The summed E-state index contributed by atoms with van der Waals surface area (Å²) < 4.78 is 29.3. The second-order valence-corrected chi connectivity index (χ2v) is 7.52. The molecule has 2 aromatic rings. The van der Waals surface area contributed by atoms with Crippen molar-refractivity contribution in [2.75, 3.05) is 25.6 Å². The van der Waals surface area contributed by atoms with Gasteiger partial charge in [0.2, 0.25) is 5.91 Å². The van der Waals surface area contributed by atoms with Gasteiger partial charge in [0, 0.05) is 5.69 Å². The number of hydrogen-bond donors (Lipinski definition) is 1. The largest absolute Gasteiger partial charge is 0.497 e. The minimum atomic E-state index is -3.70. The molecule has 0 spiro atoms. The van der Waals surface area contributed by atoms with Crippen LogP contribution in [0.1, 0.15) is 25.1 Å². The van der Waals surface area contributed by atoms with Crippen molar-refractivity contribution in [1.29, 1.82) is 0 Å². The van der Waals surface area contributed by atoms with E-state index < -0.39 is 19.2 Å². The van der Waals surface area contributed by atoms with Gasteiger partial charge >= 0.3 is 7.60 Å². The Hall–Kier alpha value is -2.14. The molecule has 0 fully saturated rings. The average Bonchev–Trinajstić information content (AvgIpc) is 2.63. The zero-order valence-corrected chi connectivity index (χ0v) is 16.1. The van der Waals surface area contributed by atoms with Crippen LogP contribution in [-0.2, 0) is 18.4 Å². The van der Waals surface area contributed by atoms with Crippen LogP contribution in [0.25, 0.3) is 0 Å². The van der Waals surface area contributed by atoms with Gasteiger partial charge in [-0.15, -0.1) is 0 Å². The van der Waals surface area contributed by atoms with Gasteiger partial charge < -0.3 is 19.1 Å². The number of benzene rings is 2. The van der Waals surface area contributed by atoms with Crippen LogP contribution in [0.2, 0.25) is 0 Å². The van der Waals surface area contributed by atoms with Crippen molar-refractivity contribution in [3.63, 3.8) is 0 Å². The first-order valence-electron chi connectivity index (χ1n) is 8.42. The molecular formula is C19H24NO5P. The molecule has 6 nitrogen and oxygen atoms in total. The molecule has 0 aliphatic rings. The predicted molar refractivity (Wildman–Crippen MR) is 102 cm³/mol. The lowest BCUT2D eigenvalue weighted by molar-refractivity contribution is -0.116. The Morgan fingerprint density at radius 3 is 2.08 bits per heavy atom. The van der Waals surface area contributed by atoms with Gasteiger partial charge in [-0.3, -0.25) is 9.36 Å². The van der Waals surface area contributed by atoms with Gasteiger partial charge in [-0.25, -0.2) is 0 Å². The minimum Gasteiger partial charge on any atom is -0.497 e. The summed E-state index contributed by atoms with van der Waals surface area (Å²) in [5, 5.41) is 2.79. The van der Waals surface area contributed by atoms with Crippen molar-refractivity contribution in [3.05, 3.63) is 60.2 Å². The van der Waals surface area contributed by atoms with Crippen molar-refractivity contribution < 1.29 is 23.1 Å². The summed E-state index contributed by atoms with van der Waals surface area (Å²) in [7, 11) is -2.13. The molecule has 0 aromatic heterocycles. The van der Waals surface area contributed by atoms with Crippen LogP contribution in [0.15, 0.2) is 54.6 Å². The van der Waals surface area contributed by atoms with Crippen molar-refractivity contribution >= 4 is 19.2 Å². The maximum Gasteiger partial charge on any atom is 0.347 e. The van der Waals surface area contributed by atoms with E-state index in [1.54, 1.807) is 69.5 Å². The predicted octanol–water partition coefficient (Wildman–Crippen LogP) is 4.64. The maximum absolute atomic E-state index is 13.3. The molecule has 0 heterocycles. The molecule has 0 aliphatic carbocycles. The summed E-state index contributed by atoms with van der Waals surface area (Å²) in [5.74, 6) is 0.225. The smallest absolute Gasteiger partial charge is 0.347 e. The highest BCUT2D eigenvalue weighted by Gasteiger charge is 2.42. The molecule has 1 atom stereocenters.